The summed E-state index contributed by atoms with van der Waals surface area (Å²) >= 11 is 0. The van der Waals surface area contributed by atoms with Gasteiger partial charge in [-0.25, -0.2) is 0 Å². The number of nitrogens with one attached hydrogen (secondary N) is 1. The quantitative estimate of drug-likeness (QED) is 0.716. The Morgan fingerprint density at radius 3 is 2.56 bits per heavy atom. The Kier molecular flexibility index (Phi) is 2.75. The van der Waals surface area contributed by atoms with Gasteiger partial charge in [0.2, 0.25) is 5.88 Å². The van der Waals surface area contributed by atoms with Crippen LogP contribution in [0.15, 0.2) is 41.8 Å². The maximum Gasteiger partial charge on any atom is 0.217 e. The standard InChI is InChI=1S/C12H9N3O/c13-6-10(7-14)12-15-8-11(16-12)9-4-2-1-3-5-9/h1-5,11,15H,8H2. The molecule has 1 aromatic rings. The minimum absolute atomic E-state index is 0.0153. The van der Waals surface area contributed by atoms with Crippen LogP contribution in [0.5, 0.6) is 0 Å². The highest BCUT2D eigenvalue weighted by Crippen LogP contribution is 2.25. The smallest absolute Gasteiger partial charge is 0.217 e. The van der Waals surface area contributed by atoms with E-state index in [1.807, 2.05) is 30.3 Å². The molecular weight excluding hydrogens is 202 g/mol. The molecule has 0 aliphatic carbocycles. The largest absolute Gasteiger partial charge is 0.468 e. The molecule has 0 amide bonds. The van der Waals surface area contributed by atoms with Crippen molar-refractivity contribution in [3.05, 3.63) is 47.4 Å². The Hall–Kier alpha value is -2.46. The van der Waals surface area contributed by atoms with Crippen LogP contribution in [0.4, 0.5) is 0 Å². The lowest BCUT2D eigenvalue weighted by Crippen LogP contribution is -2.08. The summed E-state index contributed by atoms with van der Waals surface area (Å²) in [5, 5.41) is 20.3. The summed E-state index contributed by atoms with van der Waals surface area (Å²) in [6, 6.07) is 13.3. The average molecular weight is 211 g/mol. The number of rotatable bonds is 1. The number of benzene rings is 1. The van der Waals surface area contributed by atoms with Crippen molar-refractivity contribution >= 4 is 0 Å². The number of nitrogens with zero attached hydrogens (tertiary/aromatic N) is 2. The third-order valence-electron chi connectivity index (χ3n) is 2.33. The first-order valence-corrected chi connectivity index (χ1v) is 4.85. The third kappa shape index (κ3) is 1.82. The maximum atomic E-state index is 8.69. The molecule has 0 saturated carbocycles. The van der Waals surface area contributed by atoms with Crippen LogP contribution >= 0.6 is 0 Å². The zero-order valence-electron chi connectivity index (χ0n) is 8.47. The molecule has 16 heavy (non-hydrogen) atoms. The summed E-state index contributed by atoms with van der Waals surface area (Å²) < 4.78 is 5.51. The zero-order valence-corrected chi connectivity index (χ0v) is 8.47. The van der Waals surface area contributed by atoms with E-state index >= 15 is 0 Å². The highest BCUT2D eigenvalue weighted by atomic mass is 16.5. The summed E-state index contributed by atoms with van der Waals surface area (Å²) in [5.74, 6) is 0.277. The average Bonchev–Trinajstić information content (AvgIpc) is 2.81. The molecule has 0 aromatic heterocycles. The summed E-state index contributed by atoms with van der Waals surface area (Å²) in [5.41, 5.74) is 1.01. The van der Waals surface area contributed by atoms with Gasteiger partial charge in [0.25, 0.3) is 0 Å². The van der Waals surface area contributed by atoms with Crippen molar-refractivity contribution in [2.24, 2.45) is 0 Å². The molecule has 1 fully saturated rings. The molecule has 1 unspecified atom stereocenters. The van der Waals surface area contributed by atoms with Crippen molar-refractivity contribution in [3.63, 3.8) is 0 Å². The predicted molar refractivity (Wildman–Crippen MR) is 56.5 cm³/mol. The van der Waals surface area contributed by atoms with E-state index in [0.29, 0.717) is 6.54 Å². The van der Waals surface area contributed by atoms with Gasteiger partial charge in [0.1, 0.15) is 18.2 Å². The van der Waals surface area contributed by atoms with E-state index in [1.165, 1.54) is 0 Å². The predicted octanol–water partition coefficient (Wildman–Crippen LogP) is 1.61. The molecule has 1 aliphatic rings. The molecule has 1 atom stereocenters. The second-order valence-corrected chi connectivity index (χ2v) is 3.33. The van der Waals surface area contributed by atoms with E-state index in [2.05, 4.69) is 5.32 Å². The van der Waals surface area contributed by atoms with Crippen LogP contribution in [0.25, 0.3) is 0 Å². The molecule has 4 nitrogen and oxygen atoms in total. The number of nitriles is 2. The Labute approximate surface area is 93.4 Å². The molecule has 78 valence electrons. The first-order valence-electron chi connectivity index (χ1n) is 4.85. The molecule has 1 saturated heterocycles. The monoisotopic (exact) mass is 211 g/mol. The molecular formula is C12H9N3O. The topological polar surface area (TPSA) is 68.8 Å². The molecule has 4 heteroatoms. The Morgan fingerprint density at radius 1 is 1.25 bits per heavy atom. The minimum atomic E-state index is -0.132. The van der Waals surface area contributed by atoms with Gasteiger partial charge in [-0.15, -0.1) is 0 Å². The minimum Gasteiger partial charge on any atom is -0.468 e. The van der Waals surface area contributed by atoms with Gasteiger partial charge in [-0.1, -0.05) is 30.3 Å². The van der Waals surface area contributed by atoms with Gasteiger partial charge < -0.3 is 10.1 Å². The molecule has 0 spiro atoms. The molecule has 0 bridgehead atoms. The van der Waals surface area contributed by atoms with Crippen molar-refractivity contribution in [1.82, 2.24) is 5.32 Å². The van der Waals surface area contributed by atoms with Crippen LogP contribution in [0.1, 0.15) is 11.7 Å². The van der Waals surface area contributed by atoms with Gasteiger partial charge >= 0.3 is 0 Å². The number of ether oxygens (including phenoxy) is 1. The first kappa shape index (κ1) is 10.1. The number of hydrogen-bond acceptors (Lipinski definition) is 4. The lowest BCUT2D eigenvalue weighted by molar-refractivity contribution is 0.169. The fourth-order valence-electron chi connectivity index (χ4n) is 1.54. The van der Waals surface area contributed by atoms with Crippen LogP contribution in [-0.4, -0.2) is 6.54 Å². The van der Waals surface area contributed by atoms with Crippen molar-refractivity contribution in [2.75, 3.05) is 6.54 Å². The highest BCUT2D eigenvalue weighted by molar-refractivity contribution is 5.38. The van der Waals surface area contributed by atoms with E-state index in [4.69, 9.17) is 15.3 Å². The van der Waals surface area contributed by atoms with Crippen molar-refractivity contribution in [1.29, 1.82) is 10.5 Å². The molecule has 0 radical (unpaired) electrons. The van der Waals surface area contributed by atoms with E-state index in [-0.39, 0.29) is 17.6 Å². The fraction of sp³-hybridized carbons (Fsp3) is 0.167. The van der Waals surface area contributed by atoms with Gasteiger partial charge in [-0.2, -0.15) is 10.5 Å². The van der Waals surface area contributed by atoms with Gasteiger partial charge in [0.15, 0.2) is 5.57 Å². The normalized spacial score (nSPS) is 17.9. The Morgan fingerprint density at radius 2 is 1.94 bits per heavy atom. The summed E-state index contributed by atoms with van der Waals surface area (Å²) in [7, 11) is 0. The van der Waals surface area contributed by atoms with Crippen LogP contribution in [-0.2, 0) is 4.74 Å². The van der Waals surface area contributed by atoms with Gasteiger partial charge in [0.05, 0.1) is 6.54 Å². The number of hydrogen-bond donors (Lipinski definition) is 1. The van der Waals surface area contributed by atoms with Crippen LogP contribution < -0.4 is 5.32 Å². The zero-order chi connectivity index (χ0) is 11.4. The number of allylic oxidation sites excluding steroid dienone is 1. The SMILES string of the molecule is N#CC(C#N)=C1NCC(c2ccccc2)O1. The summed E-state index contributed by atoms with van der Waals surface area (Å²) in [6.07, 6.45) is -0.132. The summed E-state index contributed by atoms with van der Waals surface area (Å²) in [6.45, 7) is 0.576. The fourth-order valence-corrected chi connectivity index (χ4v) is 1.54. The van der Waals surface area contributed by atoms with Crippen LogP contribution in [0.3, 0.4) is 0 Å². The Balaban J connectivity index is 2.20. The molecule has 1 aromatic carbocycles. The van der Waals surface area contributed by atoms with E-state index in [1.54, 1.807) is 12.1 Å². The van der Waals surface area contributed by atoms with Crippen molar-refractivity contribution in [3.8, 4) is 12.1 Å². The Bertz CT molecular complexity index is 477. The van der Waals surface area contributed by atoms with Crippen molar-refractivity contribution < 1.29 is 4.74 Å². The van der Waals surface area contributed by atoms with Crippen LogP contribution in [0, 0.1) is 22.7 Å². The van der Waals surface area contributed by atoms with Crippen molar-refractivity contribution in [2.45, 2.75) is 6.10 Å². The molecule has 2 rings (SSSR count). The van der Waals surface area contributed by atoms with E-state index in [0.717, 1.165) is 5.56 Å². The third-order valence-corrected chi connectivity index (χ3v) is 2.33. The van der Waals surface area contributed by atoms with Gasteiger partial charge in [-0.05, 0) is 5.56 Å². The first-order chi connectivity index (χ1) is 7.85. The lowest BCUT2D eigenvalue weighted by atomic mass is 10.1. The summed E-state index contributed by atoms with van der Waals surface area (Å²) in [4.78, 5) is 0. The molecule has 1 aliphatic heterocycles. The van der Waals surface area contributed by atoms with Gasteiger partial charge in [0, 0.05) is 0 Å². The highest BCUT2D eigenvalue weighted by Gasteiger charge is 2.24. The van der Waals surface area contributed by atoms with E-state index in [9.17, 15) is 0 Å². The molecule has 1 heterocycles. The lowest BCUT2D eigenvalue weighted by Gasteiger charge is -2.08. The second-order valence-electron chi connectivity index (χ2n) is 3.33. The molecule has 1 N–H and O–H groups in total. The van der Waals surface area contributed by atoms with Crippen LogP contribution in [0.2, 0.25) is 0 Å². The van der Waals surface area contributed by atoms with E-state index < -0.39 is 0 Å². The van der Waals surface area contributed by atoms with Gasteiger partial charge in [-0.3, -0.25) is 0 Å². The maximum absolute atomic E-state index is 8.69. The second kappa shape index (κ2) is 4.37.